The third kappa shape index (κ3) is 29.2. The van der Waals surface area contributed by atoms with E-state index in [0.29, 0.717) is 17.8 Å². The van der Waals surface area contributed by atoms with Gasteiger partial charge >= 0.3 is 0 Å². The Morgan fingerprint density at radius 1 is 0.900 bits per heavy atom. The monoisotopic (exact) mass is 691 g/mol. The van der Waals surface area contributed by atoms with Gasteiger partial charge in [-0.15, -0.1) is 13.2 Å². The average molecular weight is 691 g/mol. The van der Waals surface area contributed by atoms with Crippen LogP contribution < -0.4 is 0 Å². The van der Waals surface area contributed by atoms with Crippen molar-refractivity contribution in [2.24, 2.45) is 35.0 Å². The van der Waals surface area contributed by atoms with Crippen LogP contribution in [0.1, 0.15) is 173 Å². The molecule has 1 fully saturated rings. The predicted octanol–water partition coefficient (Wildman–Crippen LogP) is 17.7. The minimum absolute atomic E-state index is 0.0886. The van der Waals surface area contributed by atoms with Crippen LogP contribution in [0.25, 0.3) is 12.2 Å². The lowest BCUT2D eigenvalue weighted by Crippen LogP contribution is -2.27. The van der Waals surface area contributed by atoms with Crippen molar-refractivity contribution in [1.82, 2.24) is 0 Å². The zero-order valence-electron chi connectivity index (χ0n) is 37.4. The van der Waals surface area contributed by atoms with Crippen LogP contribution in [0, 0.1) is 41.9 Å². The number of allylic oxidation sites excluding steroid dienone is 7. The van der Waals surface area contributed by atoms with Gasteiger partial charge in [0, 0.05) is 0 Å². The molecule has 1 aromatic rings. The molecule has 0 nitrogen and oxygen atoms in total. The van der Waals surface area contributed by atoms with Gasteiger partial charge in [0.1, 0.15) is 0 Å². The average Bonchev–Trinajstić information content (AvgIpc) is 3.09. The topological polar surface area (TPSA) is 0 Å². The first kappa shape index (κ1) is 56.8. The highest BCUT2D eigenvalue weighted by molar-refractivity contribution is 5.61. The number of benzene rings is 1. The fourth-order valence-corrected chi connectivity index (χ4v) is 5.84. The molecule has 4 atom stereocenters. The lowest BCUT2D eigenvalue weighted by Gasteiger charge is -2.35. The second-order valence-electron chi connectivity index (χ2n) is 14.0. The summed E-state index contributed by atoms with van der Waals surface area (Å²) in [4.78, 5) is 0. The number of hydrogen-bond acceptors (Lipinski definition) is 0. The Bertz CT molecular complexity index is 1050. The van der Waals surface area contributed by atoms with Gasteiger partial charge in [-0.3, -0.25) is 0 Å². The zero-order chi connectivity index (χ0) is 40.5. The van der Waals surface area contributed by atoms with Crippen LogP contribution >= 0.6 is 0 Å². The summed E-state index contributed by atoms with van der Waals surface area (Å²) in [5.41, 5.74) is 7.70. The van der Waals surface area contributed by atoms with Crippen LogP contribution in [-0.4, -0.2) is 0 Å². The molecule has 0 spiro atoms. The van der Waals surface area contributed by atoms with E-state index in [4.69, 9.17) is 0 Å². The Hall–Kier alpha value is -2.60. The van der Waals surface area contributed by atoms with E-state index in [0.717, 1.165) is 23.8 Å². The summed E-state index contributed by atoms with van der Waals surface area (Å²) in [5, 5.41) is 0. The van der Waals surface area contributed by atoms with Gasteiger partial charge in [0.2, 0.25) is 0 Å². The van der Waals surface area contributed by atoms with Crippen LogP contribution in [0.2, 0.25) is 0 Å². The molecule has 0 N–H and O–H groups in total. The molecule has 1 aliphatic rings. The van der Waals surface area contributed by atoms with E-state index in [1.165, 1.54) is 59.9 Å². The molecule has 0 heteroatoms. The lowest BCUT2D eigenvalue weighted by atomic mass is 9.69. The SMILES string of the molecule is C=C(/C=C\c1ccc(/C=C/C(C)(C)C(C(=C)C)C(C)C)cc1C)CC.C=C(C)C1CCCC(C)C1.C=CC.C=CC(C)CC.CC.CC.CC. The largest absolute Gasteiger partial charge is 0.103 e. The van der Waals surface area contributed by atoms with Crippen LogP contribution in [0.4, 0.5) is 0 Å². The van der Waals surface area contributed by atoms with Crippen molar-refractivity contribution in [3.05, 3.63) is 109 Å². The summed E-state index contributed by atoms with van der Waals surface area (Å²) in [5.74, 6) is 3.54. The van der Waals surface area contributed by atoms with Crippen LogP contribution in [0.3, 0.4) is 0 Å². The summed E-state index contributed by atoms with van der Waals surface area (Å²) in [6, 6.07) is 6.64. The summed E-state index contributed by atoms with van der Waals surface area (Å²) in [6.45, 7) is 57.6. The molecule has 0 heterocycles. The molecule has 290 valence electrons. The second-order valence-corrected chi connectivity index (χ2v) is 14.0. The summed E-state index contributed by atoms with van der Waals surface area (Å²) < 4.78 is 0. The normalized spacial score (nSPS) is 15.9. The highest BCUT2D eigenvalue weighted by Crippen LogP contribution is 2.39. The van der Waals surface area contributed by atoms with E-state index in [-0.39, 0.29) is 5.41 Å². The first-order valence-electron chi connectivity index (χ1n) is 20.2. The van der Waals surface area contributed by atoms with Crippen molar-refractivity contribution in [2.75, 3.05) is 0 Å². The highest BCUT2D eigenvalue weighted by Gasteiger charge is 2.30. The first-order chi connectivity index (χ1) is 23.5. The van der Waals surface area contributed by atoms with Gasteiger partial charge in [0.05, 0.1) is 0 Å². The maximum absolute atomic E-state index is 4.22. The van der Waals surface area contributed by atoms with Gasteiger partial charge in [-0.2, -0.15) is 0 Å². The molecule has 1 aromatic carbocycles. The van der Waals surface area contributed by atoms with Gasteiger partial charge in [0.15, 0.2) is 0 Å². The van der Waals surface area contributed by atoms with Gasteiger partial charge < -0.3 is 0 Å². The number of rotatable bonds is 11. The summed E-state index contributed by atoms with van der Waals surface area (Å²) >= 11 is 0. The van der Waals surface area contributed by atoms with Gasteiger partial charge in [-0.05, 0) is 98.7 Å². The molecule has 0 amide bonds. The van der Waals surface area contributed by atoms with Crippen molar-refractivity contribution >= 4 is 12.2 Å². The molecule has 0 bridgehead atoms. The molecule has 1 aliphatic carbocycles. The molecule has 0 aliphatic heterocycles. The van der Waals surface area contributed by atoms with Crippen molar-refractivity contribution in [2.45, 2.75) is 163 Å². The van der Waals surface area contributed by atoms with Crippen molar-refractivity contribution in [3.8, 4) is 0 Å². The minimum atomic E-state index is 0.0886. The van der Waals surface area contributed by atoms with Crippen molar-refractivity contribution in [1.29, 1.82) is 0 Å². The second kappa shape index (κ2) is 36.2. The van der Waals surface area contributed by atoms with Gasteiger partial charge in [0.25, 0.3) is 0 Å². The Balaban J connectivity index is -0.000000220. The zero-order valence-corrected chi connectivity index (χ0v) is 37.4. The first-order valence-corrected chi connectivity index (χ1v) is 20.2. The minimum Gasteiger partial charge on any atom is -0.103 e. The Labute approximate surface area is 318 Å². The van der Waals surface area contributed by atoms with Crippen LogP contribution in [0.5, 0.6) is 0 Å². The fraction of sp³-hybridized carbons (Fsp3) is 0.600. The van der Waals surface area contributed by atoms with Gasteiger partial charge in [-0.25, -0.2) is 0 Å². The van der Waals surface area contributed by atoms with E-state index in [2.05, 4.69) is 152 Å². The highest BCUT2D eigenvalue weighted by atomic mass is 14.3. The van der Waals surface area contributed by atoms with E-state index in [1.807, 2.05) is 54.5 Å². The van der Waals surface area contributed by atoms with E-state index < -0.39 is 0 Å². The molecule has 1 saturated carbocycles. The lowest BCUT2D eigenvalue weighted by molar-refractivity contribution is 0.255. The van der Waals surface area contributed by atoms with Crippen LogP contribution in [0.15, 0.2) is 92.1 Å². The molecule has 50 heavy (non-hydrogen) atoms. The van der Waals surface area contributed by atoms with Crippen LogP contribution in [-0.2, 0) is 0 Å². The van der Waals surface area contributed by atoms with Gasteiger partial charge in [-0.1, -0.05) is 207 Å². The summed E-state index contributed by atoms with van der Waals surface area (Å²) in [6.07, 6.45) is 20.4. The van der Waals surface area contributed by atoms with E-state index in [9.17, 15) is 0 Å². The van der Waals surface area contributed by atoms with E-state index >= 15 is 0 Å². The standard InChI is InChI=1S/C25H36.C10H18.C6H12.C3H6.3C2H6/c1-10-20(6)11-13-23-14-12-22(17-21(23)7)15-16-25(8,9)24(18(2)3)19(4)5;1-8(2)10-6-4-5-9(3)7-10;1-4-6(3)5-2;1-3-2;3*1-2/h11-17,19,24H,2,6,10H2,1,3-5,7-9H3;9-10H,1,4-7H2,2-3H3;4,6H,1,5H2,2-3H3;3H,1H2,2H3;3*1-2H3/b13-11-,16-15+;;;;;;. The molecule has 0 aromatic heterocycles. The number of hydrogen-bond donors (Lipinski definition) is 0. The third-order valence-electron chi connectivity index (χ3n) is 8.63. The Morgan fingerprint density at radius 2 is 1.42 bits per heavy atom. The molecular formula is C50H90. The third-order valence-corrected chi connectivity index (χ3v) is 8.63. The maximum Gasteiger partial charge on any atom is -0.00995 e. The maximum atomic E-state index is 4.22. The number of aryl methyl sites for hydroxylation is 1. The molecule has 0 saturated heterocycles. The van der Waals surface area contributed by atoms with Crippen molar-refractivity contribution < 1.29 is 0 Å². The Kier molecular flexibility index (Phi) is 41.1. The molecular weight excluding hydrogens is 601 g/mol. The quantitative estimate of drug-likeness (QED) is 0.160. The molecule has 2 rings (SSSR count). The summed E-state index contributed by atoms with van der Waals surface area (Å²) in [7, 11) is 0. The smallest absolute Gasteiger partial charge is 0.00995 e. The van der Waals surface area contributed by atoms with Crippen molar-refractivity contribution in [3.63, 3.8) is 0 Å². The fourth-order valence-electron chi connectivity index (χ4n) is 5.84. The van der Waals surface area contributed by atoms with E-state index in [1.54, 1.807) is 6.08 Å². The Morgan fingerprint density at radius 3 is 1.74 bits per heavy atom. The molecule has 4 unspecified atom stereocenters. The molecule has 0 radical (unpaired) electrons. The predicted molar refractivity (Wildman–Crippen MR) is 241 cm³/mol.